The van der Waals surface area contributed by atoms with E-state index >= 15 is 0 Å². The van der Waals surface area contributed by atoms with Gasteiger partial charge >= 0.3 is 5.97 Å². The highest BCUT2D eigenvalue weighted by Crippen LogP contribution is 2.35. The van der Waals surface area contributed by atoms with Crippen molar-refractivity contribution in [1.82, 2.24) is 0 Å². The van der Waals surface area contributed by atoms with Crippen LogP contribution in [0.1, 0.15) is 38.5 Å². The Balaban J connectivity index is 1.42. The number of hydrogen-bond donors (Lipinski definition) is 9. The van der Waals surface area contributed by atoms with Crippen LogP contribution >= 0.6 is 0 Å². The number of methoxy groups -OCH3 is 1. The monoisotopic (exact) mass is 624 g/mol. The lowest BCUT2D eigenvalue weighted by molar-refractivity contribution is -0.323. The Labute approximate surface area is 248 Å². The van der Waals surface area contributed by atoms with Gasteiger partial charge in [-0.15, -0.1) is 0 Å². The van der Waals surface area contributed by atoms with Crippen LogP contribution in [0.25, 0.3) is 0 Å². The molecule has 4 rings (SSSR count). The summed E-state index contributed by atoms with van der Waals surface area (Å²) in [6, 6.07) is 0. The van der Waals surface area contributed by atoms with E-state index in [4.69, 9.17) is 28.4 Å². The zero-order valence-electron chi connectivity index (χ0n) is 23.8. The molecule has 43 heavy (non-hydrogen) atoms. The molecular weight excluding hydrogens is 580 g/mol. The van der Waals surface area contributed by atoms with Gasteiger partial charge in [-0.3, -0.25) is 4.79 Å². The van der Waals surface area contributed by atoms with E-state index in [0.717, 1.165) is 12.8 Å². The topological polar surface area (TPSA) is 255 Å². The number of rotatable bonds is 10. The molecule has 14 atom stereocenters. The third kappa shape index (κ3) is 7.49. The minimum atomic E-state index is -1.66. The van der Waals surface area contributed by atoms with Gasteiger partial charge in [0.1, 0.15) is 67.1 Å². The number of allylic oxidation sites excluding steroid dienone is 1. The maximum Gasteiger partial charge on any atom is 0.314 e. The van der Waals surface area contributed by atoms with Gasteiger partial charge in [0.2, 0.25) is 6.29 Å². The minimum Gasteiger partial charge on any atom is -0.466 e. The molecule has 9 N–H and O–H groups in total. The fraction of sp³-hybridized carbons (Fsp3) is 0.889. The second kappa shape index (κ2) is 15.2. The van der Waals surface area contributed by atoms with Gasteiger partial charge in [-0.2, -0.15) is 0 Å². The van der Waals surface area contributed by atoms with Gasteiger partial charge in [-0.1, -0.05) is 0 Å². The second-order valence-corrected chi connectivity index (χ2v) is 11.4. The van der Waals surface area contributed by atoms with E-state index < -0.39 is 105 Å². The Morgan fingerprint density at radius 1 is 0.791 bits per heavy atom. The Kier molecular flexibility index (Phi) is 12.1. The zero-order valence-corrected chi connectivity index (χ0v) is 23.8. The standard InChI is InChI=1S/C27H44O16/c1-38-24-14(41-27-23(36)21(34)19(32)16(9-29)43-27)7-6-12(30)17(24)25(37)39-10-11-4-2-3-5-13(11)40-26-22(35)20(33)18(31)15(8-28)42-26/h12,14-24,26-36H,2-10H2,1H3/t12?,14?,15-,16?,17?,18-,19?,20+,21?,22-,23?,24?,26-,27?/m1/s1. The van der Waals surface area contributed by atoms with E-state index in [1.165, 1.54) is 7.11 Å². The molecule has 9 unspecified atom stereocenters. The van der Waals surface area contributed by atoms with Crippen molar-refractivity contribution in [2.45, 2.75) is 118 Å². The van der Waals surface area contributed by atoms with Crippen LogP contribution < -0.4 is 0 Å². The van der Waals surface area contributed by atoms with E-state index in [9.17, 15) is 50.8 Å². The van der Waals surface area contributed by atoms with E-state index in [1.807, 2.05) is 0 Å². The quantitative estimate of drug-likeness (QED) is 0.105. The molecule has 4 aliphatic rings. The first-order valence-corrected chi connectivity index (χ1v) is 14.5. The fourth-order valence-electron chi connectivity index (χ4n) is 6.01. The van der Waals surface area contributed by atoms with Crippen molar-refractivity contribution in [1.29, 1.82) is 0 Å². The molecule has 0 aromatic heterocycles. The molecule has 0 amide bonds. The molecule has 0 aromatic carbocycles. The average molecular weight is 625 g/mol. The molecule has 3 fully saturated rings. The van der Waals surface area contributed by atoms with Crippen LogP contribution in [0.3, 0.4) is 0 Å². The second-order valence-electron chi connectivity index (χ2n) is 11.4. The molecule has 2 aliphatic carbocycles. The van der Waals surface area contributed by atoms with E-state index in [1.54, 1.807) is 0 Å². The van der Waals surface area contributed by atoms with Crippen LogP contribution in [0.15, 0.2) is 11.3 Å². The fourth-order valence-corrected chi connectivity index (χ4v) is 6.01. The first kappa shape index (κ1) is 34.4. The summed E-state index contributed by atoms with van der Waals surface area (Å²) in [7, 11) is 1.31. The van der Waals surface area contributed by atoms with Crippen LogP contribution in [0.4, 0.5) is 0 Å². The smallest absolute Gasteiger partial charge is 0.314 e. The Morgan fingerprint density at radius 2 is 1.37 bits per heavy atom. The average Bonchev–Trinajstić information content (AvgIpc) is 3.01. The molecule has 2 saturated heterocycles. The van der Waals surface area contributed by atoms with Crippen LogP contribution in [-0.4, -0.2) is 159 Å². The SMILES string of the molecule is COC1C(OC2OC(CO)C(O)C(O)C2O)CCC(O)C1C(=O)OCC1=C(O[C@@H]2O[C@H](CO)[C@@H](O)[C@H](O)[C@H]2O)CCCC1. The Bertz CT molecular complexity index is 944. The number of aliphatic hydroxyl groups excluding tert-OH is 9. The van der Waals surface area contributed by atoms with Crippen molar-refractivity contribution in [3.63, 3.8) is 0 Å². The van der Waals surface area contributed by atoms with Gasteiger partial charge in [-0.25, -0.2) is 0 Å². The predicted octanol–water partition coefficient (Wildman–Crippen LogP) is -3.85. The molecule has 0 spiro atoms. The van der Waals surface area contributed by atoms with Crippen molar-refractivity contribution in [3.8, 4) is 0 Å². The number of esters is 1. The largest absolute Gasteiger partial charge is 0.466 e. The number of hydrogen-bond acceptors (Lipinski definition) is 16. The number of carbonyl (C=O) groups is 1. The molecule has 1 saturated carbocycles. The van der Waals surface area contributed by atoms with Gasteiger partial charge in [-0.05, 0) is 32.1 Å². The van der Waals surface area contributed by atoms with Crippen molar-refractivity contribution < 1.29 is 79.2 Å². The summed E-state index contributed by atoms with van der Waals surface area (Å²) < 4.78 is 33.7. The molecule has 16 heteroatoms. The highest BCUT2D eigenvalue weighted by Gasteiger charge is 2.50. The van der Waals surface area contributed by atoms with Crippen LogP contribution in [0.5, 0.6) is 0 Å². The highest BCUT2D eigenvalue weighted by atomic mass is 16.7. The lowest BCUT2D eigenvalue weighted by Gasteiger charge is -2.44. The zero-order chi connectivity index (χ0) is 31.4. The lowest BCUT2D eigenvalue weighted by Crippen LogP contribution is -2.61. The van der Waals surface area contributed by atoms with Crippen LogP contribution in [0, 0.1) is 5.92 Å². The summed E-state index contributed by atoms with van der Waals surface area (Å²) in [6.07, 6.45) is -15.2. The maximum atomic E-state index is 13.3. The highest BCUT2D eigenvalue weighted by molar-refractivity contribution is 5.74. The molecule has 0 radical (unpaired) electrons. The van der Waals surface area contributed by atoms with Crippen molar-refractivity contribution in [2.24, 2.45) is 5.92 Å². The van der Waals surface area contributed by atoms with Crippen molar-refractivity contribution in [2.75, 3.05) is 26.9 Å². The first-order valence-electron chi connectivity index (χ1n) is 14.5. The molecule has 0 bridgehead atoms. The number of aliphatic hydroxyl groups is 9. The lowest BCUT2D eigenvalue weighted by atomic mass is 9.81. The number of ether oxygens (including phenoxy) is 6. The van der Waals surface area contributed by atoms with Gasteiger partial charge in [0.25, 0.3) is 0 Å². The maximum absolute atomic E-state index is 13.3. The minimum absolute atomic E-state index is 0.107. The molecule has 16 nitrogen and oxygen atoms in total. The summed E-state index contributed by atoms with van der Waals surface area (Å²) in [5, 5.41) is 90.6. The molecule has 0 aromatic rings. The summed E-state index contributed by atoms with van der Waals surface area (Å²) in [6.45, 7) is -1.47. The Morgan fingerprint density at radius 3 is 1.98 bits per heavy atom. The third-order valence-electron chi connectivity index (χ3n) is 8.61. The van der Waals surface area contributed by atoms with Crippen LogP contribution in [0.2, 0.25) is 0 Å². The number of carbonyl (C=O) groups excluding carboxylic acids is 1. The molecule has 2 aliphatic heterocycles. The summed E-state index contributed by atoms with van der Waals surface area (Å²) in [5.41, 5.74) is 0.588. The predicted molar refractivity (Wildman–Crippen MR) is 139 cm³/mol. The van der Waals surface area contributed by atoms with Gasteiger partial charge in [0, 0.05) is 19.1 Å². The van der Waals surface area contributed by atoms with Gasteiger partial charge < -0.3 is 74.4 Å². The molecular formula is C27H44O16. The van der Waals surface area contributed by atoms with Crippen molar-refractivity contribution >= 4 is 5.97 Å². The van der Waals surface area contributed by atoms with Crippen molar-refractivity contribution in [3.05, 3.63) is 11.3 Å². The van der Waals surface area contributed by atoms with Gasteiger partial charge in [0.15, 0.2) is 6.29 Å². The normalized spacial score (nSPS) is 44.2. The summed E-state index contributed by atoms with van der Waals surface area (Å²) in [5.74, 6) is -1.63. The molecule has 2 heterocycles. The first-order chi connectivity index (χ1) is 20.5. The van der Waals surface area contributed by atoms with E-state index in [-0.39, 0.29) is 19.4 Å². The summed E-state index contributed by atoms with van der Waals surface area (Å²) in [4.78, 5) is 13.3. The Hall–Kier alpha value is -1.51. The van der Waals surface area contributed by atoms with Gasteiger partial charge in [0.05, 0.1) is 31.5 Å². The molecule has 248 valence electrons. The van der Waals surface area contributed by atoms with Crippen LogP contribution in [-0.2, 0) is 33.2 Å². The van der Waals surface area contributed by atoms with E-state index in [2.05, 4.69) is 0 Å². The van der Waals surface area contributed by atoms with E-state index in [0.29, 0.717) is 24.2 Å². The summed E-state index contributed by atoms with van der Waals surface area (Å²) >= 11 is 0. The third-order valence-corrected chi connectivity index (χ3v) is 8.61.